The van der Waals surface area contributed by atoms with Crippen LogP contribution in [-0.2, 0) is 0 Å². The van der Waals surface area contributed by atoms with Gasteiger partial charge < -0.3 is 0 Å². The Morgan fingerprint density at radius 2 is 0.957 bits per heavy atom. The van der Waals surface area contributed by atoms with Crippen LogP contribution in [0.15, 0.2) is 182 Å². The van der Waals surface area contributed by atoms with Gasteiger partial charge in [-0.25, -0.2) is 0 Å². The van der Waals surface area contributed by atoms with Crippen LogP contribution in [0.5, 0.6) is 0 Å². The summed E-state index contributed by atoms with van der Waals surface area (Å²) in [7, 11) is 0. The lowest BCUT2D eigenvalue weighted by Crippen LogP contribution is -1.92. The lowest BCUT2D eigenvalue weighted by atomic mass is 9.83. The third-order valence-electron chi connectivity index (χ3n) is 8.04. The average Bonchev–Trinajstić information content (AvgIpc) is 3.29. The van der Waals surface area contributed by atoms with Crippen LogP contribution in [-0.4, -0.2) is 0 Å². The molecule has 9 rings (SSSR count). The van der Waals surface area contributed by atoms with E-state index in [2.05, 4.69) is 0 Å². The summed E-state index contributed by atoms with van der Waals surface area (Å²) in [5.41, 5.74) is -1.58. The van der Waals surface area contributed by atoms with Gasteiger partial charge in [0.05, 0.1) is 24.7 Å². The molecule has 0 atom stereocenters. The summed E-state index contributed by atoms with van der Waals surface area (Å²) in [4.78, 5) is 0. The summed E-state index contributed by atoms with van der Waals surface area (Å²) >= 11 is 0. The van der Waals surface area contributed by atoms with E-state index in [1.807, 2.05) is 24.3 Å². The largest absolute Gasteiger partial charge is 0.0636 e. The fraction of sp³-hybridized carbons (Fsp3) is 0. The molecule has 0 aliphatic rings. The van der Waals surface area contributed by atoms with Crippen LogP contribution < -0.4 is 0 Å². The van der Waals surface area contributed by atoms with Crippen molar-refractivity contribution in [1.82, 2.24) is 0 Å². The summed E-state index contributed by atoms with van der Waals surface area (Å²) in [5, 5.41) is -1.20. The first-order chi connectivity index (χ1) is 30.3. The molecule has 0 N–H and O–H groups in total. The van der Waals surface area contributed by atoms with Crippen molar-refractivity contribution >= 4 is 43.1 Å². The van der Waals surface area contributed by atoms with Gasteiger partial charge in [-0.05, 0) is 99.7 Å². The lowest BCUT2D eigenvalue weighted by molar-refractivity contribution is 1.62. The zero-order valence-corrected chi connectivity index (χ0v) is 23.9. The van der Waals surface area contributed by atoms with E-state index >= 15 is 0 Å². The van der Waals surface area contributed by atoms with E-state index in [0.717, 1.165) is 10.8 Å². The Morgan fingerprint density at radius 1 is 0.326 bits per heavy atom. The minimum absolute atomic E-state index is 0.0885. The first kappa shape index (κ1) is 14.0. The van der Waals surface area contributed by atoms with Crippen molar-refractivity contribution < 1.29 is 24.7 Å². The van der Waals surface area contributed by atoms with Crippen molar-refractivity contribution in [2.45, 2.75) is 0 Å². The van der Waals surface area contributed by atoms with E-state index in [0.29, 0.717) is 5.56 Å². The fourth-order valence-corrected chi connectivity index (χ4v) is 5.89. The Kier molecular flexibility index (Phi) is 3.30. The Bertz CT molecular complexity index is 3550. The molecular weight excluding hydrogens is 553 g/mol. The molecule has 0 aliphatic carbocycles. The predicted octanol–water partition coefficient (Wildman–Crippen LogP) is 13.0. The number of hydrogen-bond donors (Lipinski definition) is 0. The first-order valence-corrected chi connectivity index (χ1v) is 14.5. The van der Waals surface area contributed by atoms with E-state index in [1.54, 1.807) is 48.5 Å². The highest BCUT2D eigenvalue weighted by Gasteiger charge is 2.19. The van der Waals surface area contributed by atoms with Crippen LogP contribution in [0.2, 0.25) is 0 Å². The Balaban J connectivity index is 1.61. The molecule has 0 aromatic heterocycles. The Hall–Kier alpha value is -5.98. The molecule has 214 valence electrons. The molecule has 0 saturated heterocycles. The van der Waals surface area contributed by atoms with E-state index in [9.17, 15) is 13.7 Å². The maximum atomic E-state index is 9.95. The van der Waals surface area contributed by atoms with Gasteiger partial charge in [-0.15, -0.1) is 0 Å². The van der Waals surface area contributed by atoms with Crippen LogP contribution in [0, 0.1) is 0 Å². The zero-order valence-electron chi connectivity index (χ0n) is 41.9. The van der Waals surface area contributed by atoms with Gasteiger partial charge in [-0.1, -0.05) is 169 Å². The van der Waals surface area contributed by atoms with Crippen molar-refractivity contribution in [3.05, 3.63) is 182 Å². The summed E-state index contributed by atoms with van der Waals surface area (Å²) in [6.07, 6.45) is 0. The molecule has 0 nitrogen and oxygen atoms in total. The predicted molar refractivity (Wildman–Crippen MR) is 198 cm³/mol. The van der Waals surface area contributed by atoms with Gasteiger partial charge in [0.1, 0.15) is 0 Å². The second-order valence-electron chi connectivity index (χ2n) is 10.7. The topological polar surface area (TPSA) is 0 Å². The van der Waals surface area contributed by atoms with Crippen LogP contribution in [0.25, 0.3) is 87.6 Å². The summed E-state index contributed by atoms with van der Waals surface area (Å²) in [6.45, 7) is 0. The molecule has 0 radical (unpaired) electrons. The molecule has 0 fully saturated rings. The van der Waals surface area contributed by atoms with E-state index in [4.69, 9.17) is 11.0 Å². The summed E-state index contributed by atoms with van der Waals surface area (Å²) < 4.78 is 166. The van der Waals surface area contributed by atoms with Gasteiger partial charge in [0.2, 0.25) is 0 Å². The number of benzene rings is 9. The molecule has 46 heavy (non-hydrogen) atoms. The van der Waals surface area contributed by atoms with E-state index in [1.165, 1.54) is 0 Å². The third kappa shape index (κ3) is 4.38. The molecule has 9 aromatic carbocycles. The average molecular weight is 601 g/mol. The highest BCUT2D eigenvalue weighted by Crippen LogP contribution is 2.46. The molecule has 0 heterocycles. The lowest BCUT2D eigenvalue weighted by Gasteiger charge is -2.20. The van der Waals surface area contributed by atoms with Crippen LogP contribution in [0.3, 0.4) is 0 Å². The van der Waals surface area contributed by atoms with E-state index in [-0.39, 0.29) is 16.7 Å². The second kappa shape index (κ2) is 10.9. The molecule has 0 aliphatic heterocycles. The molecule has 0 heteroatoms. The maximum absolute atomic E-state index is 9.95. The molecular formula is C46H30. The first-order valence-electron chi connectivity index (χ1n) is 23.5. The quantitative estimate of drug-likeness (QED) is 0.176. The minimum Gasteiger partial charge on any atom is -0.0622 e. The number of fused-ring (bicyclic) bond motifs is 4. The molecule has 0 spiro atoms. The molecule has 0 unspecified atom stereocenters. The van der Waals surface area contributed by atoms with Gasteiger partial charge in [0.25, 0.3) is 0 Å². The van der Waals surface area contributed by atoms with E-state index < -0.39 is 163 Å². The molecule has 9 aromatic rings. The summed E-state index contributed by atoms with van der Waals surface area (Å²) in [6, 6.07) is 7.68. The maximum Gasteiger partial charge on any atom is 0.0636 e. The second-order valence-corrected chi connectivity index (χ2v) is 10.7. The highest BCUT2D eigenvalue weighted by atomic mass is 14.2. The van der Waals surface area contributed by atoms with Crippen LogP contribution >= 0.6 is 0 Å². The van der Waals surface area contributed by atoms with Crippen molar-refractivity contribution in [2.24, 2.45) is 0 Å². The van der Waals surface area contributed by atoms with Crippen LogP contribution in [0.4, 0.5) is 0 Å². The highest BCUT2D eigenvalue weighted by molar-refractivity contribution is 6.24. The van der Waals surface area contributed by atoms with Crippen molar-refractivity contribution in [2.75, 3.05) is 0 Å². The molecule has 0 saturated carbocycles. The third-order valence-corrected chi connectivity index (χ3v) is 8.04. The number of rotatable bonds is 4. The van der Waals surface area contributed by atoms with Crippen molar-refractivity contribution in [3.63, 3.8) is 0 Å². The van der Waals surface area contributed by atoms with Gasteiger partial charge in [0.15, 0.2) is 0 Å². The Morgan fingerprint density at radius 3 is 1.78 bits per heavy atom. The van der Waals surface area contributed by atoms with Crippen molar-refractivity contribution in [1.29, 1.82) is 0 Å². The van der Waals surface area contributed by atoms with Gasteiger partial charge in [0, 0.05) is 0 Å². The fourth-order valence-electron chi connectivity index (χ4n) is 5.89. The number of hydrogen-bond acceptors (Lipinski definition) is 0. The standard InChI is InChI=1S/C46H30/c1-2-11-31(12-3-1)38-27-28-43-44(30-38)46(40-20-10-16-34-14-6-7-17-39(34)40)42-19-9-8-18-41(42)45(43)35-24-21-33(22-25-35)37-26-23-32-13-4-5-15-36(32)29-37/h1-30H/i6D,7D,8D,9D,10D,14D,16D,17D,18D,19D,20D,21D,22D,24D,25D,27D,28D,30D. The van der Waals surface area contributed by atoms with Gasteiger partial charge in [-0.2, -0.15) is 0 Å². The van der Waals surface area contributed by atoms with Crippen molar-refractivity contribution in [3.8, 4) is 44.5 Å². The van der Waals surface area contributed by atoms with Crippen LogP contribution in [0.1, 0.15) is 24.7 Å². The smallest absolute Gasteiger partial charge is 0.0622 e. The molecule has 0 amide bonds. The normalized spacial score (nSPS) is 17.0. The van der Waals surface area contributed by atoms with Gasteiger partial charge in [-0.3, -0.25) is 0 Å². The SMILES string of the molecule is [2H]c1c([2H])c(-c2c3c([2H])c([2H])c([2H])c([2H])c3c(-c3c([2H])c([2H])c([2H])c4c([2H])c([2H])c([2H])c([2H])c34)c3c([2H])c(-c4ccccc4)c([2H])c([2H])c23)c([2H])c([2H])c1-c1ccc2ccccc2c1. The summed E-state index contributed by atoms with van der Waals surface area (Å²) in [5.74, 6) is 0. The minimum atomic E-state index is -0.825. The Labute approximate surface area is 294 Å². The zero-order chi connectivity index (χ0) is 46.1. The van der Waals surface area contributed by atoms with Gasteiger partial charge >= 0.3 is 0 Å². The monoisotopic (exact) mass is 600 g/mol. The molecule has 0 bridgehead atoms.